The Morgan fingerprint density at radius 1 is 1.07 bits per heavy atom. The van der Waals surface area contributed by atoms with E-state index in [1.807, 2.05) is 6.07 Å². The number of allylic oxidation sites excluding steroid dienone is 1. The molecule has 0 unspecified atom stereocenters. The molecule has 152 valence electrons. The van der Waals surface area contributed by atoms with Gasteiger partial charge in [-0.15, -0.1) is 0 Å². The standard InChI is InChI=1S/C22H21F4N3/c1-21(23,24)16-10-14(11-17(12-16)22(2,25)26)9-15-7-5-6-8-18(15)20(29-4)19(13-27)28-3/h5-8,10-12,28H,4,9H2,1-3H3/b20-19-. The highest BCUT2D eigenvalue weighted by Gasteiger charge is 2.31. The molecule has 0 aromatic heterocycles. The molecular formula is C22H21F4N3. The van der Waals surface area contributed by atoms with Crippen molar-refractivity contribution in [2.75, 3.05) is 7.05 Å². The maximum absolute atomic E-state index is 13.9. The number of nitrogens with one attached hydrogen (secondary N) is 1. The number of benzene rings is 2. The number of nitriles is 1. The number of aliphatic imine (C=N–C) groups is 1. The van der Waals surface area contributed by atoms with Gasteiger partial charge in [-0.2, -0.15) is 5.26 Å². The molecule has 29 heavy (non-hydrogen) atoms. The van der Waals surface area contributed by atoms with Gasteiger partial charge >= 0.3 is 0 Å². The molecule has 0 aliphatic carbocycles. The van der Waals surface area contributed by atoms with Crippen molar-refractivity contribution in [2.24, 2.45) is 4.99 Å². The van der Waals surface area contributed by atoms with Crippen molar-refractivity contribution >= 4 is 12.4 Å². The fourth-order valence-corrected chi connectivity index (χ4v) is 2.95. The van der Waals surface area contributed by atoms with E-state index < -0.39 is 23.0 Å². The van der Waals surface area contributed by atoms with E-state index >= 15 is 0 Å². The molecule has 2 aromatic rings. The van der Waals surface area contributed by atoms with Crippen LogP contribution in [-0.2, 0) is 18.3 Å². The molecule has 1 N–H and O–H groups in total. The van der Waals surface area contributed by atoms with Crippen LogP contribution in [0.4, 0.5) is 17.6 Å². The Morgan fingerprint density at radius 3 is 2.07 bits per heavy atom. The predicted octanol–water partition coefficient (Wildman–Crippen LogP) is 5.61. The molecule has 0 saturated carbocycles. The minimum atomic E-state index is -3.26. The summed E-state index contributed by atoms with van der Waals surface area (Å²) in [5, 5.41) is 12.0. The van der Waals surface area contributed by atoms with Crippen molar-refractivity contribution in [2.45, 2.75) is 32.1 Å². The normalized spacial score (nSPS) is 12.8. The number of rotatable bonds is 7. The van der Waals surface area contributed by atoms with Crippen LogP contribution in [0.25, 0.3) is 5.70 Å². The summed E-state index contributed by atoms with van der Waals surface area (Å²) in [5.74, 6) is -6.52. The number of alkyl halides is 4. The smallest absolute Gasteiger partial charge is 0.270 e. The molecule has 0 amide bonds. The molecule has 0 fully saturated rings. The van der Waals surface area contributed by atoms with E-state index in [2.05, 4.69) is 17.0 Å². The largest absolute Gasteiger partial charge is 0.378 e. The molecule has 0 aliphatic heterocycles. The minimum Gasteiger partial charge on any atom is -0.378 e. The Morgan fingerprint density at radius 2 is 1.62 bits per heavy atom. The van der Waals surface area contributed by atoms with Gasteiger partial charge in [0.2, 0.25) is 0 Å². The number of hydrogen-bond donors (Lipinski definition) is 1. The lowest BCUT2D eigenvalue weighted by molar-refractivity contribution is 0.0104. The summed E-state index contributed by atoms with van der Waals surface area (Å²) in [6, 6.07) is 12.2. The summed E-state index contributed by atoms with van der Waals surface area (Å²) in [6.45, 7) is 4.84. The third-order valence-electron chi connectivity index (χ3n) is 4.43. The van der Waals surface area contributed by atoms with Gasteiger partial charge in [0.25, 0.3) is 11.8 Å². The van der Waals surface area contributed by atoms with Gasteiger partial charge < -0.3 is 5.32 Å². The topological polar surface area (TPSA) is 48.2 Å². The molecule has 0 heterocycles. The molecule has 0 saturated heterocycles. The zero-order valence-electron chi connectivity index (χ0n) is 16.4. The zero-order chi connectivity index (χ0) is 21.8. The molecule has 2 rings (SSSR count). The fraction of sp³-hybridized carbons (Fsp3) is 0.273. The molecule has 2 aromatic carbocycles. The molecule has 0 bridgehead atoms. The van der Waals surface area contributed by atoms with Gasteiger partial charge in [-0.05, 0) is 42.5 Å². The SMILES string of the molecule is C=N/C(=C(/C#N)NC)c1ccccc1Cc1cc(C(C)(F)F)cc(C(C)(F)F)c1. The van der Waals surface area contributed by atoms with Crippen LogP contribution >= 0.6 is 0 Å². The van der Waals surface area contributed by atoms with E-state index in [-0.39, 0.29) is 12.1 Å². The van der Waals surface area contributed by atoms with Crippen LogP contribution < -0.4 is 5.32 Å². The summed E-state index contributed by atoms with van der Waals surface area (Å²) in [4.78, 5) is 3.92. The quantitative estimate of drug-likeness (QED) is 0.371. The summed E-state index contributed by atoms with van der Waals surface area (Å²) >= 11 is 0. The first kappa shape index (κ1) is 22.2. The van der Waals surface area contributed by atoms with Gasteiger partial charge in [0.05, 0.1) is 0 Å². The van der Waals surface area contributed by atoms with Gasteiger partial charge in [0.1, 0.15) is 17.5 Å². The Balaban J connectivity index is 2.63. The molecule has 7 heteroatoms. The highest BCUT2D eigenvalue weighted by atomic mass is 19.3. The first-order valence-electron chi connectivity index (χ1n) is 8.79. The Labute approximate surface area is 167 Å². The van der Waals surface area contributed by atoms with Crippen molar-refractivity contribution in [3.63, 3.8) is 0 Å². The van der Waals surface area contributed by atoms with Crippen LogP contribution in [0.3, 0.4) is 0 Å². The Kier molecular flexibility index (Phi) is 6.48. The molecule has 0 radical (unpaired) electrons. The Hall–Kier alpha value is -3.14. The monoisotopic (exact) mass is 403 g/mol. The summed E-state index contributed by atoms with van der Waals surface area (Å²) in [6.07, 6.45) is 0.102. The summed E-state index contributed by atoms with van der Waals surface area (Å²) in [7, 11) is 1.56. The summed E-state index contributed by atoms with van der Waals surface area (Å²) in [5.41, 5.74) is 1.03. The van der Waals surface area contributed by atoms with Crippen LogP contribution in [0, 0.1) is 11.3 Å². The number of halogens is 4. The van der Waals surface area contributed by atoms with E-state index in [0.29, 0.717) is 36.2 Å². The minimum absolute atomic E-state index is 0.102. The van der Waals surface area contributed by atoms with Crippen molar-refractivity contribution in [3.8, 4) is 6.07 Å². The van der Waals surface area contributed by atoms with E-state index in [4.69, 9.17) is 0 Å². The fourth-order valence-electron chi connectivity index (χ4n) is 2.95. The van der Waals surface area contributed by atoms with Crippen LogP contribution in [-0.4, -0.2) is 13.8 Å². The van der Waals surface area contributed by atoms with Crippen LogP contribution in [0.2, 0.25) is 0 Å². The maximum Gasteiger partial charge on any atom is 0.270 e. The van der Waals surface area contributed by atoms with Crippen LogP contribution in [0.5, 0.6) is 0 Å². The lowest BCUT2D eigenvalue weighted by Gasteiger charge is -2.19. The lowest BCUT2D eigenvalue weighted by atomic mass is 9.93. The molecule has 3 nitrogen and oxygen atoms in total. The highest BCUT2D eigenvalue weighted by Crippen LogP contribution is 2.35. The van der Waals surface area contributed by atoms with E-state index in [0.717, 1.165) is 6.07 Å². The predicted molar refractivity (Wildman–Crippen MR) is 106 cm³/mol. The lowest BCUT2D eigenvalue weighted by Crippen LogP contribution is -2.14. The van der Waals surface area contributed by atoms with Gasteiger partial charge in [0, 0.05) is 37.6 Å². The molecular weight excluding hydrogens is 382 g/mol. The molecule has 0 spiro atoms. The third-order valence-corrected chi connectivity index (χ3v) is 4.43. The maximum atomic E-state index is 13.9. The average molecular weight is 403 g/mol. The molecule has 0 atom stereocenters. The Bertz CT molecular complexity index is 945. The van der Waals surface area contributed by atoms with Crippen molar-refractivity contribution in [1.82, 2.24) is 5.32 Å². The zero-order valence-corrected chi connectivity index (χ0v) is 16.4. The van der Waals surface area contributed by atoms with E-state index in [1.54, 1.807) is 31.3 Å². The van der Waals surface area contributed by atoms with Crippen molar-refractivity contribution in [1.29, 1.82) is 5.26 Å². The summed E-state index contributed by atoms with van der Waals surface area (Å²) < 4.78 is 55.5. The van der Waals surface area contributed by atoms with Crippen molar-refractivity contribution in [3.05, 3.63) is 76.0 Å². The highest BCUT2D eigenvalue weighted by molar-refractivity contribution is 5.75. The van der Waals surface area contributed by atoms with Crippen molar-refractivity contribution < 1.29 is 17.6 Å². The van der Waals surface area contributed by atoms with E-state index in [1.165, 1.54) is 12.1 Å². The van der Waals surface area contributed by atoms with Gasteiger partial charge in [0.15, 0.2) is 0 Å². The van der Waals surface area contributed by atoms with Crippen LogP contribution in [0.1, 0.15) is 41.7 Å². The van der Waals surface area contributed by atoms with Gasteiger partial charge in [-0.1, -0.05) is 24.3 Å². The average Bonchev–Trinajstić information content (AvgIpc) is 2.65. The van der Waals surface area contributed by atoms with Gasteiger partial charge in [-0.3, -0.25) is 4.99 Å². The second kappa shape index (κ2) is 8.48. The number of hydrogen-bond acceptors (Lipinski definition) is 3. The second-order valence-corrected chi connectivity index (χ2v) is 6.77. The number of nitrogens with zero attached hydrogens (tertiary/aromatic N) is 2. The first-order valence-corrected chi connectivity index (χ1v) is 8.79. The van der Waals surface area contributed by atoms with Gasteiger partial charge in [-0.25, -0.2) is 17.6 Å². The van der Waals surface area contributed by atoms with Crippen LogP contribution in [0.15, 0.2) is 53.2 Å². The first-order chi connectivity index (χ1) is 13.5. The van der Waals surface area contributed by atoms with E-state index in [9.17, 15) is 22.8 Å². The third kappa shape index (κ3) is 5.23. The second-order valence-electron chi connectivity index (χ2n) is 6.77. The molecule has 0 aliphatic rings.